The van der Waals surface area contributed by atoms with Crippen molar-refractivity contribution in [1.82, 2.24) is 9.80 Å². The molecule has 1 N–H and O–H groups in total. The molecular weight excluding hydrogens is 350 g/mol. The van der Waals surface area contributed by atoms with Crippen LogP contribution in [0.5, 0.6) is 0 Å². The van der Waals surface area contributed by atoms with E-state index in [-0.39, 0.29) is 11.9 Å². The standard InChI is InChI=1S/C20H30ClN3O2/c1-3-4-13-23(2)19(25)12-7-16-6-5-14-24(15-16)20(26)22-18-10-8-17(21)9-11-18/h8-11,16H,3-7,12-15H2,1-2H3,(H,22,26)/t16-/m1/s1. The molecule has 1 aromatic rings. The average molecular weight is 380 g/mol. The first-order chi connectivity index (χ1) is 12.5. The number of hydrogen-bond acceptors (Lipinski definition) is 2. The Bertz CT molecular complexity index is 591. The molecule has 0 spiro atoms. The number of nitrogens with zero attached hydrogens (tertiary/aromatic N) is 2. The van der Waals surface area contributed by atoms with Gasteiger partial charge in [0.25, 0.3) is 0 Å². The van der Waals surface area contributed by atoms with Crippen LogP contribution < -0.4 is 5.32 Å². The molecule has 1 fully saturated rings. The van der Waals surface area contributed by atoms with Crippen molar-refractivity contribution in [3.8, 4) is 0 Å². The first kappa shape index (κ1) is 20.6. The van der Waals surface area contributed by atoms with E-state index in [2.05, 4.69) is 12.2 Å². The lowest BCUT2D eigenvalue weighted by Crippen LogP contribution is -2.42. The zero-order valence-corrected chi connectivity index (χ0v) is 16.6. The van der Waals surface area contributed by atoms with Crippen LogP contribution in [0.2, 0.25) is 5.02 Å². The van der Waals surface area contributed by atoms with Gasteiger partial charge in [-0.15, -0.1) is 0 Å². The summed E-state index contributed by atoms with van der Waals surface area (Å²) in [4.78, 5) is 28.4. The van der Waals surface area contributed by atoms with Crippen LogP contribution in [0.25, 0.3) is 0 Å². The molecule has 0 radical (unpaired) electrons. The third kappa shape index (κ3) is 6.52. The van der Waals surface area contributed by atoms with E-state index in [4.69, 9.17) is 11.6 Å². The van der Waals surface area contributed by atoms with Crippen LogP contribution in [-0.4, -0.2) is 48.4 Å². The summed E-state index contributed by atoms with van der Waals surface area (Å²) >= 11 is 5.87. The predicted octanol–water partition coefficient (Wildman–Crippen LogP) is 4.62. The Labute approximate surface area is 161 Å². The van der Waals surface area contributed by atoms with Gasteiger partial charge in [0.2, 0.25) is 5.91 Å². The molecule has 1 saturated heterocycles. The second-order valence-corrected chi connectivity index (χ2v) is 7.54. The molecule has 5 nitrogen and oxygen atoms in total. The lowest BCUT2D eigenvalue weighted by Gasteiger charge is -2.33. The van der Waals surface area contributed by atoms with E-state index in [9.17, 15) is 9.59 Å². The molecular formula is C20H30ClN3O2. The molecule has 144 valence electrons. The number of piperidine rings is 1. The maximum atomic E-state index is 12.5. The molecule has 26 heavy (non-hydrogen) atoms. The third-order valence-corrected chi connectivity index (χ3v) is 5.19. The van der Waals surface area contributed by atoms with Gasteiger partial charge < -0.3 is 15.1 Å². The van der Waals surface area contributed by atoms with Crippen LogP contribution in [0.1, 0.15) is 45.4 Å². The molecule has 1 aliphatic rings. The highest BCUT2D eigenvalue weighted by molar-refractivity contribution is 6.30. The summed E-state index contributed by atoms with van der Waals surface area (Å²) in [5, 5.41) is 3.57. The lowest BCUT2D eigenvalue weighted by atomic mass is 9.93. The number of amides is 3. The maximum absolute atomic E-state index is 12.5. The highest BCUT2D eigenvalue weighted by atomic mass is 35.5. The van der Waals surface area contributed by atoms with Crippen LogP contribution in [0.15, 0.2) is 24.3 Å². The van der Waals surface area contributed by atoms with E-state index < -0.39 is 0 Å². The number of anilines is 1. The number of benzene rings is 1. The molecule has 2 rings (SSSR count). The molecule has 1 atom stereocenters. The Kier molecular flexibility index (Phi) is 8.23. The van der Waals surface area contributed by atoms with E-state index in [1.165, 1.54) is 0 Å². The topological polar surface area (TPSA) is 52.7 Å². The van der Waals surface area contributed by atoms with Gasteiger partial charge in [0.05, 0.1) is 0 Å². The van der Waals surface area contributed by atoms with Crippen molar-refractivity contribution in [3.63, 3.8) is 0 Å². The molecule has 0 unspecified atom stereocenters. The highest BCUT2D eigenvalue weighted by Crippen LogP contribution is 2.22. The van der Waals surface area contributed by atoms with Gasteiger partial charge in [0.15, 0.2) is 0 Å². The molecule has 1 aliphatic heterocycles. The predicted molar refractivity (Wildman–Crippen MR) is 107 cm³/mol. The maximum Gasteiger partial charge on any atom is 0.321 e. The van der Waals surface area contributed by atoms with Crippen LogP contribution in [0.3, 0.4) is 0 Å². The lowest BCUT2D eigenvalue weighted by molar-refractivity contribution is -0.130. The Hall–Kier alpha value is -1.75. The molecule has 0 bridgehead atoms. The van der Waals surface area contributed by atoms with Crippen LogP contribution >= 0.6 is 11.6 Å². The Morgan fingerprint density at radius 2 is 2.04 bits per heavy atom. The summed E-state index contributed by atoms with van der Waals surface area (Å²) < 4.78 is 0. The van der Waals surface area contributed by atoms with Crippen LogP contribution in [0.4, 0.5) is 10.5 Å². The second kappa shape index (κ2) is 10.4. The number of halogens is 1. The quantitative estimate of drug-likeness (QED) is 0.751. The van der Waals surface area contributed by atoms with Crippen molar-refractivity contribution in [3.05, 3.63) is 29.3 Å². The summed E-state index contributed by atoms with van der Waals surface area (Å²) in [6.45, 7) is 4.44. The van der Waals surface area contributed by atoms with Crippen molar-refractivity contribution >= 4 is 29.2 Å². The van der Waals surface area contributed by atoms with Gasteiger partial charge in [-0.1, -0.05) is 24.9 Å². The van der Waals surface area contributed by atoms with Crippen molar-refractivity contribution < 1.29 is 9.59 Å². The molecule has 1 heterocycles. The number of rotatable bonds is 7. The fraction of sp³-hybridized carbons (Fsp3) is 0.600. The molecule has 0 aromatic heterocycles. The summed E-state index contributed by atoms with van der Waals surface area (Å²) in [5.41, 5.74) is 0.745. The zero-order valence-electron chi connectivity index (χ0n) is 15.8. The number of carbonyl (C=O) groups excluding carboxylic acids is 2. The van der Waals surface area contributed by atoms with Crippen LogP contribution in [-0.2, 0) is 4.79 Å². The minimum Gasteiger partial charge on any atom is -0.346 e. The van der Waals surface area contributed by atoms with Crippen molar-refractivity contribution in [2.24, 2.45) is 5.92 Å². The first-order valence-corrected chi connectivity index (χ1v) is 9.93. The van der Waals surface area contributed by atoms with Gasteiger partial charge in [0, 0.05) is 43.8 Å². The summed E-state index contributed by atoms with van der Waals surface area (Å²) in [7, 11) is 1.88. The minimum absolute atomic E-state index is 0.0802. The smallest absolute Gasteiger partial charge is 0.321 e. The van der Waals surface area contributed by atoms with Gasteiger partial charge in [-0.3, -0.25) is 4.79 Å². The number of likely N-dealkylation sites (tertiary alicyclic amines) is 1. The number of urea groups is 1. The Balaban J connectivity index is 1.78. The van der Waals surface area contributed by atoms with Gasteiger partial charge in [-0.25, -0.2) is 4.79 Å². The summed E-state index contributed by atoms with van der Waals surface area (Å²) in [6.07, 6.45) is 5.62. The number of unbranched alkanes of at least 4 members (excludes halogenated alkanes) is 1. The molecule has 3 amide bonds. The van der Waals surface area contributed by atoms with E-state index in [0.29, 0.717) is 23.9 Å². The van der Waals surface area contributed by atoms with E-state index in [1.54, 1.807) is 24.3 Å². The normalized spacial score (nSPS) is 17.0. The zero-order chi connectivity index (χ0) is 18.9. The van der Waals surface area contributed by atoms with Crippen LogP contribution in [0, 0.1) is 5.92 Å². The fourth-order valence-electron chi connectivity index (χ4n) is 3.26. The first-order valence-electron chi connectivity index (χ1n) is 9.55. The van der Waals surface area contributed by atoms with E-state index in [1.807, 2.05) is 16.8 Å². The van der Waals surface area contributed by atoms with Gasteiger partial charge >= 0.3 is 6.03 Å². The van der Waals surface area contributed by atoms with Gasteiger partial charge in [0.1, 0.15) is 0 Å². The fourth-order valence-corrected chi connectivity index (χ4v) is 3.39. The molecule has 0 aliphatic carbocycles. The molecule has 6 heteroatoms. The summed E-state index contributed by atoms with van der Waals surface area (Å²) in [5.74, 6) is 0.601. The van der Waals surface area contributed by atoms with Crippen molar-refractivity contribution in [2.45, 2.75) is 45.4 Å². The van der Waals surface area contributed by atoms with Crippen molar-refractivity contribution in [2.75, 3.05) is 32.0 Å². The average Bonchev–Trinajstić information content (AvgIpc) is 2.66. The number of nitrogens with one attached hydrogen (secondary N) is 1. The van der Waals surface area contributed by atoms with E-state index in [0.717, 1.165) is 50.9 Å². The number of carbonyl (C=O) groups is 2. The second-order valence-electron chi connectivity index (χ2n) is 7.10. The van der Waals surface area contributed by atoms with Gasteiger partial charge in [-0.2, -0.15) is 0 Å². The van der Waals surface area contributed by atoms with E-state index >= 15 is 0 Å². The molecule has 1 aromatic carbocycles. The largest absolute Gasteiger partial charge is 0.346 e. The Morgan fingerprint density at radius 3 is 2.73 bits per heavy atom. The monoisotopic (exact) mass is 379 g/mol. The minimum atomic E-state index is -0.0802. The van der Waals surface area contributed by atoms with Crippen molar-refractivity contribution in [1.29, 1.82) is 0 Å². The SMILES string of the molecule is CCCCN(C)C(=O)CC[C@H]1CCCN(C(=O)Nc2ccc(Cl)cc2)C1. The number of hydrogen-bond donors (Lipinski definition) is 1. The summed E-state index contributed by atoms with van der Waals surface area (Å²) in [6, 6.07) is 7.04. The van der Waals surface area contributed by atoms with Gasteiger partial charge in [-0.05, 0) is 55.9 Å². The highest BCUT2D eigenvalue weighted by Gasteiger charge is 2.24. The molecule has 0 saturated carbocycles. The third-order valence-electron chi connectivity index (χ3n) is 4.94. The Morgan fingerprint density at radius 1 is 1.31 bits per heavy atom.